The van der Waals surface area contributed by atoms with E-state index in [0.29, 0.717) is 29.8 Å². The van der Waals surface area contributed by atoms with Crippen LogP contribution < -0.4 is 15.0 Å². The Labute approximate surface area is 197 Å². The molecule has 8 nitrogen and oxygen atoms in total. The van der Waals surface area contributed by atoms with Gasteiger partial charge in [-0.05, 0) is 69.1 Å². The molecule has 2 saturated heterocycles. The number of rotatable bonds is 6. The number of amides is 1. The van der Waals surface area contributed by atoms with Crippen LogP contribution in [0.4, 0.5) is 5.82 Å². The lowest BCUT2D eigenvalue weighted by Gasteiger charge is -2.24. The number of anilines is 1. The molecule has 0 saturated carbocycles. The molecule has 9 heteroatoms. The van der Waals surface area contributed by atoms with Crippen LogP contribution >= 0.6 is 11.6 Å². The number of piperidine rings is 1. The van der Waals surface area contributed by atoms with Crippen LogP contribution in [0.15, 0.2) is 48.8 Å². The SMILES string of the molecule is O=C1C(Cc2ccc(Cl)nc2OC2CCNCC2)CCN1c1ccc(-c2ccncc2)nn1. The van der Waals surface area contributed by atoms with Crippen molar-refractivity contribution in [3.05, 3.63) is 59.5 Å². The predicted octanol–water partition coefficient (Wildman–Crippen LogP) is 3.31. The van der Waals surface area contributed by atoms with Crippen molar-refractivity contribution in [2.24, 2.45) is 5.92 Å². The van der Waals surface area contributed by atoms with E-state index in [-0.39, 0.29) is 17.9 Å². The first-order valence-corrected chi connectivity index (χ1v) is 11.6. The van der Waals surface area contributed by atoms with Crippen LogP contribution in [0.1, 0.15) is 24.8 Å². The fourth-order valence-corrected chi connectivity index (χ4v) is 4.48. The van der Waals surface area contributed by atoms with E-state index in [9.17, 15) is 4.79 Å². The van der Waals surface area contributed by atoms with E-state index in [0.717, 1.165) is 49.2 Å². The zero-order valence-electron chi connectivity index (χ0n) is 18.2. The summed E-state index contributed by atoms with van der Waals surface area (Å²) in [6, 6.07) is 11.2. The van der Waals surface area contributed by atoms with Crippen LogP contribution in [-0.2, 0) is 11.2 Å². The smallest absolute Gasteiger partial charge is 0.231 e. The molecule has 0 radical (unpaired) electrons. The van der Waals surface area contributed by atoms with Crippen LogP contribution in [-0.4, -0.2) is 51.8 Å². The third-order valence-electron chi connectivity index (χ3n) is 6.16. The molecule has 1 N–H and O–H groups in total. The minimum absolute atomic E-state index is 0.0451. The Morgan fingerprint density at radius 2 is 1.85 bits per heavy atom. The van der Waals surface area contributed by atoms with Gasteiger partial charge < -0.3 is 10.1 Å². The van der Waals surface area contributed by atoms with E-state index in [2.05, 4.69) is 25.5 Å². The highest BCUT2D eigenvalue weighted by Crippen LogP contribution is 2.31. The molecule has 0 spiro atoms. The molecule has 1 unspecified atom stereocenters. The molecule has 5 heterocycles. The molecule has 2 aliphatic heterocycles. The van der Waals surface area contributed by atoms with Crippen molar-refractivity contribution < 1.29 is 9.53 Å². The van der Waals surface area contributed by atoms with Gasteiger partial charge in [-0.2, -0.15) is 0 Å². The molecule has 2 fully saturated rings. The Hall–Kier alpha value is -3.10. The molecular weight excluding hydrogens is 440 g/mol. The Bertz CT molecular complexity index is 1110. The van der Waals surface area contributed by atoms with Gasteiger partial charge in [-0.15, -0.1) is 10.2 Å². The molecule has 0 aliphatic carbocycles. The van der Waals surface area contributed by atoms with Crippen molar-refractivity contribution in [2.75, 3.05) is 24.5 Å². The highest BCUT2D eigenvalue weighted by atomic mass is 35.5. The summed E-state index contributed by atoms with van der Waals surface area (Å²) in [5.41, 5.74) is 2.60. The van der Waals surface area contributed by atoms with E-state index in [1.807, 2.05) is 30.3 Å². The maximum atomic E-state index is 13.2. The quantitative estimate of drug-likeness (QED) is 0.559. The number of nitrogens with one attached hydrogen (secondary N) is 1. The highest BCUT2D eigenvalue weighted by Gasteiger charge is 2.34. The zero-order chi connectivity index (χ0) is 22.6. The molecule has 170 valence electrons. The zero-order valence-corrected chi connectivity index (χ0v) is 18.9. The van der Waals surface area contributed by atoms with Gasteiger partial charge in [-0.3, -0.25) is 14.7 Å². The average molecular weight is 465 g/mol. The van der Waals surface area contributed by atoms with Gasteiger partial charge in [0.1, 0.15) is 11.3 Å². The number of hydrogen-bond acceptors (Lipinski definition) is 7. The highest BCUT2D eigenvalue weighted by molar-refractivity contribution is 6.29. The van der Waals surface area contributed by atoms with E-state index >= 15 is 0 Å². The van der Waals surface area contributed by atoms with Gasteiger partial charge >= 0.3 is 0 Å². The standard InChI is InChI=1S/C24H25ClN6O2/c25-21-3-1-17(23(28-21)33-19-7-12-27-13-8-19)15-18-9-14-31(24(18)32)22-4-2-20(29-30-22)16-5-10-26-11-6-16/h1-6,10-11,18-19,27H,7-9,12-15H2. The van der Waals surface area contributed by atoms with Gasteiger partial charge in [0.15, 0.2) is 5.82 Å². The Balaban J connectivity index is 1.28. The second-order valence-corrected chi connectivity index (χ2v) is 8.74. The van der Waals surface area contributed by atoms with E-state index in [1.54, 1.807) is 23.4 Å². The van der Waals surface area contributed by atoms with Crippen molar-refractivity contribution in [3.8, 4) is 17.1 Å². The van der Waals surface area contributed by atoms with Gasteiger partial charge in [0, 0.05) is 36.0 Å². The van der Waals surface area contributed by atoms with Crippen molar-refractivity contribution >= 4 is 23.3 Å². The molecular formula is C24H25ClN6O2. The molecule has 0 aromatic carbocycles. The van der Waals surface area contributed by atoms with Crippen LogP contribution in [0.5, 0.6) is 5.88 Å². The number of carbonyl (C=O) groups is 1. The number of hydrogen-bond donors (Lipinski definition) is 1. The summed E-state index contributed by atoms with van der Waals surface area (Å²) >= 11 is 6.14. The number of carbonyl (C=O) groups excluding carboxylic acids is 1. The van der Waals surface area contributed by atoms with Crippen LogP contribution in [0, 0.1) is 5.92 Å². The Morgan fingerprint density at radius 1 is 1.03 bits per heavy atom. The number of aromatic nitrogens is 4. The van der Waals surface area contributed by atoms with Crippen molar-refractivity contribution in [2.45, 2.75) is 31.8 Å². The molecule has 0 bridgehead atoms. The largest absolute Gasteiger partial charge is 0.474 e. The van der Waals surface area contributed by atoms with Gasteiger partial charge in [-0.25, -0.2) is 4.98 Å². The first kappa shape index (κ1) is 21.7. The molecule has 5 rings (SSSR count). The first-order chi connectivity index (χ1) is 16.2. The predicted molar refractivity (Wildman–Crippen MR) is 125 cm³/mol. The first-order valence-electron chi connectivity index (χ1n) is 11.3. The second-order valence-electron chi connectivity index (χ2n) is 8.36. The van der Waals surface area contributed by atoms with Crippen molar-refractivity contribution in [3.63, 3.8) is 0 Å². The molecule has 2 aliphatic rings. The van der Waals surface area contributed by atoms with Crippen molar-refractivity contribution in [1.82, 2.24) is 25.5 Å². The summed E-state index contributed by atoms with van der Waals surface area (Å²) in [5.74, 6) is 0.997. The lowest BCUT2D eigenvalue weighted by molar-refractivity contribution is -0.120. The fourth-order valence-electron chi connectivity index (χ4n) is 4.34. The number of halogens is 1. The molecule has 3 aromatic rings. The van der Waals surface area contributed by atoms with E-state index in [4.69, 9.17) is 16.3 Å². The topological polar surface area (TPSA) is 93.1 Å². The summed E-state index contributed by atoms with van der Waals surface area (Å²) in [7, 11) is 0. The average Bonchev–Trinajstić information content (AvgIpc) is 3.22. The number of pyridine rings is 2. The molecule has 1 atom stereocenters. The summed E-state index contributed by atoms with van der Waals surface area (Å²) in [4.78, 5) is 23.3. The van der Waals surface area contributed by atoms with Crippen LogP contribution in [0.3, 0.4) is 0 Å². The lowest BCUT2D eigenvalue weighted by Crippen LogP contribution is -2.34. The molecule has 3 aromatic heterocycles. The number of ether oxygens (including phenoxy) is 1. The van der Waals surface area contributed by atoms with E-state index < -0.39 is 0 Å². The monoisotopic (exact) mass is 464 g/mol. The minimum Gasteiger partial charge on any atom is -0.474 e. The van der Waals surface area contributed by atoms with Crippen LogP contribution in [0.2, 0.25) is 5.15 Å². The minimum atomic E-state index is -0.162. The summed E-state index contributed by atoms with van der Waals surface area (Å²) in [6.07, 6.45) is 6.70. The maximum Gasteiger partial charge on any atom is 0.231 e. The lowest BCUT2D eigenvalue weighted by atomic mass is 9.98. The van der Waals surface area contributed by atoms with Gasteiger partial charge in [-0.1, -0.05) is 17.7 Å². The third kappa shape index (κ3) is 4.96. The Morgan fingerprint density at radius 3 is 2.61 bits per heavy atom. The fraction of sp³-hybridized carbons (Fsp3) is 0.375. The van der Waals surface area contributed by atoms with Crippen LogP contribution in [0.25, 0.3) is 11.3 Å². The summed E-state index contributed by atoms with van der Waals surface area (Å²) in [6.45, 7) is 2.47. The van der Waals surface area contributed by atoms with E-state index in [1.165, 1.54) is 0 Å². The second kappa shape index (κ2) is 9.80. The Kier molecular flexibility index (Phi) is 6.46. The number of nitrogens with zero attached hydrogens (tertiary/aromatic N) is 5. The van der Waals surface area contributed by atoms with Crippen molar-refractivity contribution in [1.29, 1.82) is 0 Å². The molecule has 1 amide bonds. The van der Waals surface area contributed by atoms with Gasteiger partial charge in [0.05, 0.1) is 5.69 Å². The summed E-state index contributed by atoms with van der Waals surface area (Å²) in [5, 5.41) is 12.3. The molecule has 33 heavy (non-hydrogen) atoms. The van der Waals surface area contributed by atoms with Gasteiger partial charge in [0.25, 0.3) is 0 Å². The third-order valence-corrected chi connectivity index (χ3v) is 6.37. The maximum absolute atomic E-state index is 13.2. The summed E-state index contributed by atoms with van der Waals surface area (Å²) < 4.78 is 6.19. The van der Waals surface area contributed by atoms with Gasteiger partial charge in [0.2, 0.25) is 11.8 Å². The normalized spacial score (nSPS) is 19.1.